The molecule has 0 unspecified atom stereocenters. The summed E-state index contributed by atoms with van der Waals surface area (Å²) in [6, 6.07) is 12.5. The predicted octanol–water partition coefficient (Wildman–Crippen LogP) is 2.41. The van der Waals surface area contributed by atoms with Gasteiger partial charge in [-0.3, -0.25) is 9.59 Å². The zero-order valence-corrected chi connectivity index (χ0v) is 14.7. The molecule has 2 aromatic rings. The van der Waals surface area contributed by atoms with Crippen LogP contribution in [0.15, 0.2) is 42.5 Å². The Morgan fingerprint density at radius 1 is 1.12 bits per heavy atom. The van der Waals surface area contributed by atoms with Crippen molar-refractivity contribution in [2.24, 2.45) is 0 Å². The second-order valence-electron chi connectivity index (χ2n) is 5.84. The molecule has 1 aliphatic rings. The van der Waals surface area contributed by atoms with Crippen molar-refractivity contribution in [1.29, 1.82) is 0 Å². The molecule has 0 aliphatic carbocycles. The van der Waals surface area contributed by atoms with Gasteiger partial charge in [0.1, 0.15) is 12.3 Å². The number of benzene rings is 2. The molecule has 136 valence electrons. The normalized spacial score (nSPS) is 11.8. The van der Waals surface area contributed by atoms with Gasteiger partial charge in [0.2, 0.25) is 18.6 Å². The Morgan fingerprint density at radius 3 is 2.54 bits per heavy atom. The van der Waals surface area contributed by atoms with Crippen LogP contribution < -0.4 is 19.5 Å². The van der Waals surface area contributed by atoms with Gasteiger partial charge >= 0.3 is 0 Å². The van der Waals surface area contributed by atoms with Gasteiger partial charge in [-0.2, -0.15) is 0 Å². The Bertz CT molecular complexity index is 804. The molecule has 0 atom stereocenters. The van der Waals surface area contributed by atoms with Crippen molar-refractivity contribution in [2.75, 3.05) is 25.8 Å². The monoisotopic (exact) mass is 356 g/mol. The Labute approximate surface area is 151 Å². The summed E-state index contributed by atoms with van der Waals surface area (Å²) in [5.74, 6) is 1.51. The number of hydrogen-bond donors (Lipinski definition) is 1. The summed E-state index contributed by atoms with van der Waals surface area (Å²) >= 11 is 0. The fraction of sp³-hybridized carbons (Fsp3) is 0.263. The topological polar surface area (TPSA) is 77.1 Å². The average molecular weight is 356 g/mol. The highest BCUT2D eigenvalue weighted by Gasteiger charge is 2.17. The molecule has 2 aromatic carbocycles. The number of amides is 2. The summed E-state index contributed by atoms with van der Waals surface area (Å²) in [6.45, 7) is 1.91. The smallest absolute Gasteiger partial charge is 0.244 e. The third-order valence-corrected chi connectivity index (χ3v) is 3.97. The zero-order chi connectivity index (χ0) is 18.5. The minimum atomic E-state index is -0.285. The molecule has 2 amide bonds. The van der Waals surface area contributed by atoms with Gasteiger partial charge in [0.25, 0.3) is 0 Å². The highest BCUT2D eigenvalue weighted by molar-refractivity contribution is 5.94. The quantitative estimate of drug-likeness (QED) is 0.860. The van der Waals surface area contributed by atoms with Crippen molar-refractivity contribution in [3.63, 3.8) is 0 Å². The van der Waals surface area contributed by atoms with Crippen LogP contribution in [0.3, 0.4) is 0 Å². The standard InChI is InChI=1S/C19H20N2O5/c1-13(22)21(10-14-3-6-16(24-2)7-4-14)11-19(23)20-15-5-8-17-18(9-15)26-12-25-17/h3-9H,10-12H2,1-2H3,(H,20,23). The number of anilines is 1. The molecule has 0 aromatic heterocycles. The summed E-state index contributed by atoms with van der Waals surface area (Å²) in [5.41, 5.74) is 1.50. The fourth-order valence-corrected chi connectivity index (χ4v) is 2.58. The molecule has 7 nitrogen and oxygen atoms in total. The van der Waals surface area contributed by atoms with E-state index in [0.29, 0.717) is 23.7 Å². The van der Waals surface area contributed by atoms with Gasteiger partial charge in [-0.05, 0) is 29.8 Å². The number of rotatable bonds is 6. The first-order valence-corrected chi connectivity index (χ1v) is 8.13. The lowest BCUT2D eigenvalue weighted by molar-refractivity contribution is -0.133. The third-order valence-electron chi connectivity index (χ3n) is 3.97. The number of nitrogens with one attached hydrogen (secondary N) is 1. The summed E-state index contributed by atoms with van der Waals surface area (Å²) in [6.07, 6.45) is 0. The first kappa shape index (κ1) is 17.6. The molecule has 0 saturated carbocycles. The van der Waals surface area contributed by atoms with Crippen LogP contribution in [-0.4, -0.2) is 37.2 Å². The largest absolute Gasteiger partial charge is 0.497 e. The van der Waals surface area contributed by atoms with Crippen LogP contribution in [0, 0.1) is 0 Å². The Hall–Kier alpha value is -3.22. The molecule has 0 saturated heterocycles. The third kappa shape index (κ3) is 4.24. The second kappa shape index (κ2) is 7.77. The first-order chi connectivity index (χ1) is 12.5. The predicted molar refractivity (Wildman–Crippen MR) is 95.3 cm³/mol. The number of carbonyl (C=O) groups excluding carboxylic acids is 2. The van der Waals surface area contributed by atoms with Crippen molar-refractivity contribution < 1.29 is 23.8 Å². The van der Waals surface area contributed by atoms with Gasteiger partial charge in [-0.15, -0.1) is 0 Å². The number of ether oxygens (including phenoxy) is 3. The van der Waals surface area contributed by atoms with E-state index in [9.17, 15) is 9.59 Å². The van der Waals surface area contributed by atoms with E-state index in [1.807, 2.05) is 24.3 Å². The molecule has 1 aliphatic heterocycles. The molecular formula is C19H20N2O5. The second-order valence-corrected chi connectivity index (χ2v) is 5.84. The van der Waals surface area contributed by atoms with Crippen LogP contribution in [0.1, 0.15) is 12.5 Å². The van der Waals surface area contributed by atoms with Gasteiger partial charge in [-0.25, -0.2) is 0 Å². The molecule has 1 N–H and O–H groups in total. The van der Waals surface area contributed by atoms with Crippen LogP contribution in [-0.2, 0) is 16.1 Å². The van der Waals surface area contributed by atoms with Crippen molar-refractivity contribution in [3.8, 4) is 17.2 Å². The molecule has 1 heterocycles. The van der Waals surface area contributed by atoms with Gasteiger partial charge in [0, 0.05) is 25.2 Å². The van der Waals surface area contributed by atoms with E-state index < -0.39 is 0 Å². The maximum Gasteiger partial charge on any atom is 0.244 e. The first-order valence-electron chi connectivity index (χ1n) is 8.13. The molecule has 0 radical (unpaired) electrons. The maximum atomic E-state index is 12.3. The average Bonchev–Trinajstić information content (AvgIpc) is 3.09. The molecule has 3 rings (SSSR count). The lowest BCUT2D eigenvalue weighted by Gasteiger charge is -2.21. The van der Waals surface area contributed by atoms with Gasteiger partial charge in [0.15, 0.2) is 11.5 Å². The minimum Gasteiger partial charge on any atom is -0.497 e. The van der Waals surface area contributed by atoms with E-state index in [1.165, 1.54) is 11.8 Å². The van der Waals surface area contributed by atoms with Crippen LogP contribution in [0.5, 0.6) is 17.2 Å². The van der Waals surface area contributed by atoms with Crippen molar-refractivity contribution in [2.45, 2.75) is 13.5 Å². The van der Waals surface area contributed by atoms with E-state index in [0.717, 1.165) is 11.3 Å². The molecular weight excluding hydrogens is 336 g/mol. The van der Waals surface area contributed by atoms with E-state index in [2.05, 4.69) is 5.32 Å². The van der Waals surface area contributed by atoms with Crippen molar-refractivity contribution in [3.05, 3.63) is 48.0 Å². The lowest BCUT2D eigenvalue weighted by Crippen LogP contribution is -2.36. The van der Waals surface area contributed by atoms with Crippen molar-refractivity contribution in [1.82, 2.24) is 4.90 Å². The maximum absolute atomic E-state index is 12.3. The number of nitrogens with zero attached hydrogens (tertiary/aromatic N) is 1. The van der Waals surface area contributed by atoms with E-state index in [1.54, 1.807) is 25.3 Å². The van der Waals surface area contributed by atoms with Gasteiger partial charge in [-0.1, -0.05) is 12.1 Å². The van der Waals surface area contributed by atoms with E-state index in [4.69, 9.17) is 14.2 Å². The fourth-order valence-electron chi connectivity index (χ4n) is 2.58. The number of hydrogen-bond acceptors (Lipinski definition) is 5. The number of methoxy groups -OCH3 is 1. The Kier molecular flexibility index (Phi) is 5.26. The van der Waals surface area contributed by atoms with E-state index >= 15 is 0 Å². The summed E-state index contributed by atoms with van der Waals surface area (Å²) in [5, 5.41) is 2.77. The summed E-state index contributed by atoms with van der Waals surface area (Å²) < 4.78 is 15.7. The lowest BCUT2D eigenvalue weighted by atomic mass is 10.2. The number of carbonyl (C=O) groups is 2. The van der Waals surface area contributed by atoms with Gasteiger partial charge < -0.3 is 24.4 Å². The van der Waals surface area contributed by atoms with Crippen LogP contribution in [0.25, 0.3) is 0 Å². The highest BCUT2D eigenvalue weighted by atomic mass is 16.7. The Balaban J connectivity index is 1.61. The minimum absolute atomic E-state index is 0.0458. The summed E-state index contributed by atoms with van der Waals surface area (Å²) in [7, 11) is 1.59. The highest BCUT2D eigenvalue weighted by Crippen LogP contribution is 2.34. The van der Waals surface area contributed by atoms with Crippen molar-refractivity contribution >= 4 is 17.5 Å². The van der Waals surface area contributed by atoms with Crippen LogP contribution >= 0.6 is 0 Å². The van der Waals surface area contributed by atoms with Crippen LogP contribution in [0.2, 0.25) is 0 Å². The molecule has 0 fully saturated rings. The molecule has 26 heavy (non-hydrogen) atoms. The number of fused-ring (bicyclic) bond motifs is 1. The zero-order valence-electron chi connectivity index (χ0n) is 14.7. The summed E-state index contributed by atoms with van der Waals surface area (Å²) in [4.78, 5) is 25.7. The molecule has 0 bridgehead atoms. The van der Waals surface area contributed by atoms with Crippen LogP contribution in [0.4, 0.5) is 5.69 Å². The van der Waals surface area contributed by atoms with Gasteiger partial charge in [0.05, 0.1) is 7.11 Å². The molecule has 7 heteroatoms. The van der Waals surface area contributed by atoms with E-state index in [-0.39, 0.29) is 25.2 Å². The Morgan fingerprint density at radius 2 is 1.85 bits per heavy atom. The SMILES string of the molecule is COc1ccc(CN(CC(=O)Nc2ccc3c(c2)OCO3)C(C)=O)cc1. The molecule has 0 spiro atoms.